The lowest BCUT2D eigenvalue weighted by Gasteiger charge is -2.23. The summed E-state index contributed by atoms with van der Waals surface area (Å²) in [6.07, 6.45) is 0. The van der Waals surface area contributed by atoms with Crippen molar-refractivity contribution in [3.63, 3.8) is 0 Å². The maximum absolute atomic E-state index is 14.0. The van der Waals surface area contributed by atoms with Crippen LogP contribution in [0.25, 0.3) is 10.9 Å². The highest BCUT2D eigenvalue weighted by Crippen LogP contribution is 2.30. The van der Waals surface area contributed by atoms with Crippen LogP contribution in [0.4, 0.5) is 4.39 Å². The fourth-order valence-electron chi connectivity index (χ4n) is 2.10. The molecule has 0 atom stereocenters. The van der Waals surface area contributed by atoms with E-state index in [9.17, 15) is 9.50 Å². The molecule has 1 heterocycles. The van der Waals surface area contributed by atoms with E-state index in [0.717, 1.165) is 16.6 Å². The average Bonchev–Trinajstić information content (AvgIpc) is 2.53. The molecule has 2 aromatic rings. The number of aliphatic hydroxyl groups is 1. The van der Waals surface area contributed by atoms with Crippen LogP contribution in [0.5, 0.6) is 0 Å². The van der Waals surface area contributed by atoms with E-state index in [2.05, 4.69) is 0 Å². The lowest BCUT2D eigenvalue weighted by Crippen LogP contribution is -2.23. The van der Waals surface area contributed by atoms with Gasteiger partial charge >= 0.3 is 0 Å². The van der Waals surface area contributed by atoms with Gasteiger partial charge in [-0.15, -0.1) is 0 Å². The SMILES string of the molecule is Cc1cc2cc(F)c(C(C)(C)CO)cc2n1C. The van der Waals surface area contributed by atoms with Crippen LogP contribution >= 0.6 is 0 Å². The topological polar surface area (TPSA) is 25.2 Å². The standard InChI is InChI=1S/C14H18FNO/c1-9-5-10-6-12(15)11(14(2,3)8-17)7-13(10)16(9)4/h5-7,17H,8H2,1-4H3. The van der Waals surface area contributed by atoms with Crippen LogP contribution in [-0.2, 0) is 12.5 Å². The van der Waals surface area contributed by atoms with Crippen molar-refractivity contribution < 1.29 is 9.50 Å². The van der Waals surface area contributed by atoms with Gasteiger partial charge in [0, 0.05) is 29.1 Å². The molecule has 0 unspecified atom stereocenters. The third kappa shape index (κ3) is 1.84. The molecular formula is C14H18FNO. The molecule has 0 aliphatic heterocycles. The van der Waals surface area contributed by atoms with Gasteiger partial charge in [-0.2, -0.15) is 0 Å². The second-order valence-corrected chi connectivity index (χ2v) is 5.28. The van der Waals surface area contributed by atoms with Crippen molar-refractivity contribution in [3.05, 3.63) is 35.3 Å². The highest BCUT2D eigenvalue weighted by atomic mass is 19.1. The van der Waals surface area contributed by atoms with Crippen molar-refractivity contribution >= 4 is 10.9 Å². The number of aryl methyl sites for hydroxylation is 2. The second-order valence-electron chi connectivity index (χ2n) is 5.28. The van der Waals surface area contributed by atoms with E-state index in [0.29, 0.717) is 5.56 Å². The molecular weight excluding hydrogens is 217 g/mol. The average molecular weight is 235 g/mol. The summed E-state index contributed by atoms with van der Waals surface area (Å²) in [4.78, 5) is 0. The molecule has 2 rings (SSSR count). The van der Waals surface area contributed by atoms with E-state index in [1.165, 1.54) is 0 Å². The first-order chi connectivity index (χ1) is 7.86. The fraction of sp³-hybridized carbons (Fsp3) is 0.429. The summed E-state index contributed by atoms with van der Waals surface area (Å²) in [6.45, 7) is 5.60. The van der Waals surface area contributed by atoms with E-state index in [-0.39, 0.29) is 12.4 Å². The van der Waals surface area contributed by atoms with Crippen LogP contribution in [0, 0.1) is 12.7 Å². The number of rotatable bonds is 2. The molecule has 2 nitrogen and oxygen atoms in total. The number of aliphatic hydroxyl groups excluding tert-OH is 1. The van der Waals surface area contributed by atoms with E-state index in [1.807, 2.05) is 44.5 Å². The zero-order chi connectivity index (χ0) is 12.8. The van der Waals surface area contributed by atoms with Gasteiger partial charge in [-0.1, -0.05) is 13.8 Å². The number of hydrogen-bond acceptors (Lipinski definition) is 1. The molecule has 1 N–H and O–H groups in total. The normalized spacial score (nSPS) is 12.4. The lowest BCUT2D eigenvalue weighted by molar-refractivity contribution is 0.215. The third-order valence-electron chi connectivity index (χ3n) is 3.50. The van der Waals surface area contributed by atoms with Gasteiger partial charge in [0.15, 0.2) is 0 Å². The number of fused-ring (bicyclic) bond motifs is 1. The first kappa shape index (κ1) is 12.1. The van der Waals surface area contributed by atoms with E-state index in [4.69, 9.17) is 0 Å². The van der Waals surface area contributed by atoms with Crippen molar-refractivity contribution in [2.24, 2.45) is 7.05 Å². The van der Waals surface area contributed by atoms with Crippen molar-refractivity contribution in [2.45, 2.75) is 26.2 Å². The monoisotopic (exact) mass is 235 g/mol. The van der Waals surface area contributed by atoms with Crippen LogP contribution in [0.1, 0.15) is 25.1 Å². The van der Waals surface area contributed by atoms with Gasteiger partial charge in [-0.05, 0) is 30.7 Å². The Bertz CT molecular complexity index is 569. The molecule has 1 aromatic carbocycles. The Hall–Kier alpha value is -1.35. The Morgan fingerprint density at radius 1 is 1.29 bits per heavy atom. The molecule has 0 spiro atoms. The van der Waals surface area contributed by atoms with Gasteiger partial charge in [0.05, 0.1) is 6.61 Å². The molecule has 0 saturated carbocycles. The Labute approximate surface area is 101 Å². The molecule has 0 radical (unpaired) electrons. The van der Waals surface area contributed by atoms with Gasteiger partial charge in [-0.25, -0.2) is 4.39 Å². The van der Waals surface area contributed by atoms with Crippen molar-refractivity contribution in [3.8, 4) is 0 Å². The van der Waals surface area contributed by atoms with Crippen molar-refractivity contribution in [2.75, 3.05) is 6.61 Å². The predicted molar refractivity (Wildman–Crippen MR) is 67.7 cm³/mol. The van der Waals surface area contributed by atoms with Crippen molar-refractivity contribution in [1.29, 1.82) is 0 Å². The molecule has 0 bridgehead atoms. The molecule has 0 fully saturated rings. The number of benzene rings is 1. The Morgan fingerprint density at radius 2 is 1.94 bits per heavy atom. The number of nitrogens with zero attached hydrogens (tertiary/aromatic N) is 1. The minimum Gasteiger partial charge on any atom is -0.395 e. The second kappa shape index (κ2) is 3.84. The summed E-state index contributed by atoms with van der Waals surface area (Å²) in [5.74, 6) is -0.248. The smallest absolute Gasteiger partial charge is 0.127 e. The minimum absolute atomic E-state index is 0.0706. The number of hydrogen-bond donors (Lipinski definition) is 1. The highest BCUT2D eigenvalue weighted by molar-refractivity contribution is 5.82. The summed E-state index contributed by atoms with van der Waals surface area (Å²) in [7, 11) is 1.96. The summed E-state index contributed by atoms with van der Waals surface area (Å²) >= 11 is 0. The molecule has 0 aliphatic rings. The van der Waals surface area contributed by atoms with Crippen LogP contribution in [0.3, 0.4) is 0 Å². The first-order valence-electron chi connectivity index (χ1n) is 5.74. The van der Waals surface area contributed by atoms with Crippen molar-refractivity contribution in [1.82, 2.24) is 4.57 Å². The summed E-state index contributed by atoms with van der Waals surface area (Å²) in [5.41, 5.74) is 2.10. The maximum Gasteiger partial charge on any atom is 0.127 e. The van der Waals surface area contributed by atoms with Gasteiger partial charge < -0.3 is 9.67 Å². The van der Waals surface area contributed by atoms with Crippen LogP contribution < -0.4 is 0 Å². The summed E-state index contributed by atoms with van der Waals surface area (Å²) in [5, 5.41) is 10.2. The van der Waals surface area contributed by atoms with Gasteiger partial charge in [0.1, 0.15) is 5.82 Å². The summed E-state index contributed by atoms with van der Waals surface area (Å²) < 4.78 is 16.1. The zero-order valence-corrected chi connectivity index (χ0v) is 10.7. The van der Waals surface area contributed by atoms with E-state index >= 15 is 0 Å². The van der Waals surface area contributed by atoms with Crippen LogP contribution in [-0.4, -0.2) is 16.3 Å². The van der Waals surface area contributed by atoms with Crippen LogP contribution in [0.2, 0.25) is 0 Å². The zero-order valence-electron chi connectivity index (χ0n) is 10.7. The highest BCUT2D eigenvalue weighted by Gasteiger charge is 2.24. The molecule has 0 aliphatic carbocycles. The Balaban J connectivity index is 2.74. The van der Waals surface area contributed by atoms with Gasteiger partial charge in [0.2, 0.25) is 0 Å². The molecule has 1 aromatic heterocycles. The minimum atomic E-state index is -0.559. The molecule has 3 heteroatoms. The van der Waals surface area contributed by atoms with Crippen LogP contribution in [0.15, 0.2) is 18.2 Å². The van der Waals surface area contributed by atoms with E-state index in [1.54, 1.807) is 6.07 Å². The predicted octanol–water partition coefficient (Wildman–Crippen LogP) is 2.90. The lowest BCUT2D eigenvalue weighted by atomic mass is 9.85. The Kier molecular flexibility index (Phi) is 2.74. The number of aromatic nitrogens is 1. The summed E-state index contributed by atoms with van der Waals surface area (Å²) in [6, 6.07) is 5.36. The number of halogens is 1. The van der Waals surface area contributed by atoms with E-state index < -0.39 is 5.41 Å². The first-order valence-corrected chi connectivity index (χ1v) is 5.74. The Morgan fingerprint density at radius 3 is 2.53 bits per heavy atom. The van der Waals surface area contributed by atoms with Gasteiger partial charge in [-0.3, -0.25) is 0 Å². The molecule has 17 heavy (non-hydrogen) atoms. The molecule has 0 amide bonds. The quantitative estimate of drug-likeness (QED) is 0.850. The largest absolute Gasteiger partial charge is 0.395 e. The maximum atomic E-state index is 14.0. The molecule has 92 valence electrons. The third-order valence-corrected chi connectivity index (χ3v) is 3.50. The van der Waals surface area contributed by atoms with Gasteiger partial charge in [0.25, 0.3) is 0 Å². The fourth-order valence-corrected chi connectivity index (χ4v) is 2.10. The molecule has 0 saturated heterocycles.